The van der Waals surface area contributed by atoms with E-state index in [1.807, 2.05) is 13.8 Å². The lowest BCUT2D eigenvalue weighted by molar-refractivity contribution is -0.144. The molecule has 0 aromatic carbocycles. The summed E-state index contributed by atoms with van der Waals surface area (Å²) in [7, 11) is 0. The molecular formula is C64H122O4. The van der Waals surface area contributed by atoms with Gasteiger partial charge in [0, 0.05) is 12.5 Å². The largest absolute Gasteiger partial charge is 0.466 e. The smallest absolute Gasteiger partial charge is 0.330 e. The minimum absolute atomic E-state index is 0.0235. The van der Waals surface area contributed by atoms with Crippen LogP contribution >= 0.6 is 0 Å². The predicted octanol–water partition coefficient (Wildman–Crippen LogP) is 21.5. The fraction of sp³-hybridized carbons (Fsp3) is 0.938. The molecule has 5 atom stereocenters. The molecule has 0 amide bonds. The molecule has 2 aliphatic rings. The normalized spacial score (nSPS) is 18.0. The summed E-state index contributed by atoms with van der Waals surface area (Å²) in [6, 6.07) is 0. The van der Waals surface area contributed by atoms with Crippen LogP contribution in [-0.2, 0) is 19.1 Å². The van der Waals surface area contributed by atoms with E-state index in [9.17, 15) is 9.59 Å². The fourth-order valence-electron chi connectivity index (χ4n) is 11.2. The lowest BCUT2D eigenvalue weighted by Crippen LogP contribution is -2.12. The first-order chi connectivity index (χ1) is 33.4. The molecule has 2 fully saturated rings. The minimum Gasteiger partial charge on any atom is -0.466 e. The van der Waals surface area contributed by atoms with Crippen LogP contribution in [0.1, 0.15) is 343 Å². The van der Waals surface area contributed by atoms with E-state index in [1.54, 1.807) is 6.08 Å². The van der Waals surface area contributed by atoms with Gasteiger partial charge in [0.1, 0.15) is 0 Å². The number of esters is 2. The molecular weight excluding hydrogens is 833 g/mol. The molecule has 5 unspecified atom stereocenters. The van der Waals surface area contributed by atoms with Crippen LogP contribution in [0.4, 0.5) is 0 Å². The zero-order valence-corrected chi connectivity index (χ0v) is 47.2. The maximum atomic E-state index is 12.0. The highest BCUT2D eigenvalue weighted by molar-refractivity contribution is 5.82. The zero-order valence-electron chi connectivity index (χ0n) is 47.2. The van der Waals surface area contributed by atoms with E-state index in [2.05, 4.69) is 27.7 Å². The molecule has 402 valence electrons. The maximum absolute atomic E-state index is 12.0. The minimum atomic E-state index is -0.139. The Hall–Kier alpha value is -1.32. The molecule has 68 heavy (non-hydrogen) atoms. The third-order valence-electron chi connectivity index (χ3n) is 15.9. The van der Waals surface area contributed by atoms with Gasteiger partial charge < -0.3 is 9.47 Å². The lowest BCUT2D eigenvalue weighted by atomic mass is 9.91. The van der Waals surface area contributed by atoms with Crippen LogP contribution in [0.25, 0.3) is 0 Å². The first kappa shape index (κ1) is 64.7. The highest BCUT2D eigenvalue weighted by atomic mass is 16.5. The number of hydrogen-bond donors (Lipinski definition) is 0. The standard InChI is InChI=1S/C32H62O2.C32H60O2/c2*1-4-7-9-11-13-15-19-23-29(27-32(33)34-6-3)24-20-16-14-18-22-26-31-28-30(31)25-21-17-12-10-8-5-2/h29-31H,4-28H2,1-3H3;27,30-31H,4-26,28H2,1-3H3/b;29-27+. The summed E-state index contributed by atoms with van der Waals surface area (Å²) in [4.78, 5) is 24.0. The van der Waals surface area contributed by atoms with Crippen LogP contribution in [0.3, 0.4) is 0 Å². The molecule has 0 N–H and O–H groups in total. The van der Waals surface area contributed by atoms with E-state index in [0.717, 1.165) is 36.5 Å². The summed E-state index contributed by atoms with van der Waals surface area (Å²) in [6.07, 6.45) is 65.8. The fourth-order valence-corrected chi connectivity index (χ4v) is 11.2. The summed E-state index contributed by atoms with van der Waals surface area (Å²) in [6.45, 7) is 13.9. The van der Waals surface area contributed by atoms with Gasteiger partial charge in [0.15, 0.2) is 0 Å². The van der Waals surface area contributed by atoms with Crippen molar-refractivity contribution in [1.82, 2.24) is 0 Å². The summed E-state index contributed by atoms with van der Waals surface area (Å²) < 4.78 is 10.4. The average molecular weight is 956 g/mol. The van der Waals surface area contributed by atoms with Gasteiger partial charge in [-0.25, -0.2) is 4.79 Å². The van der Waals surface area contributed by atoms with Crippen molar-refractivity contribution in [2.75, 3.05) is 13.2 Å². The van der Waals surface area contributed by atoms with E-state index in [0.29, 0.717) is 25.6 Å². The lowest BCUT2D eigenvalue weighted by Gasteiger charge is -2.16. The van der Waals surface area contributed by atoms with Crippen LogP contribution in [0.15, 0.2) is 11.6 Å². The number of ether oxygens (including phenoxy) is 2. The highest BCUT2D eigenvalue weighted by Gasteiger charge is 2.35. The monoisotopic (exact) mass is 955 g/mol. The van der Waals surface area contributed by atoms with Gasteiger partial charge >= 0.3 is 11.9 Å². The Labute approximate surface area is 427 Å². The molecule has 0 saturated heterocycles. The van der Waals surface area contributed by atoms with Gasteiger partial charge in [-0.15, -0.1) is 0 Å². The quantitative estimate of drug-likeness (QED) is 0.0346. The molecule has 0 aliphatic heterocycles. The number of carbonyl (C=O) groups is 2. The molecule has 0 aromatic rings. The average Bonchev–Trinajstić information content (AvgIpc) is 4.27. The first-order valence-electron chi connectivity index (χ1n) is 31.4. The second-order valence-electron chi connectivity index (χ2n) is 22.5. The Balaban J connectivity index is 0.000000680. The topological polar surface area (TPSA) is 52.6 Å². The van der Waals surface area contributed by atoms with Crippen LogP contribution in [0.2, 0.25) is 0 Å². The summed E-state index contributed by atoms with van der Waals surface area (Å²) in [5, 5.41) is 0. The molecule has 0 bridgehead atoms. The molecule has 4 heteroatoms. The summed E-state index contributed by atoms with van der Waals surface area (Å²) in [5.74, 6) is 4.73. The Morgan fingerprint density at radius 1 is 0.382 bits per heavy atom. The molecule has 4 nitrogen and oxygen atoms in total. The molecule has 2 aliphatic carbocycles. The van der Waals surface area contributed by atoms with Crippen molar-refractivity contribution >= 4 is 11.9 Å². The summed E-state index contributed by atoms with van der Waals surface area (Å²) >= 11 is 0. The predicted molar refractivity (Wildman–Crippen MR) is 298 cm³/mol. The number of rotatable bonds is 51. The van der Waals surface area contributed by atoms with E-state index < -0.39 is 0 Å². The van der Waals surface area contributed by atoms with Gasteiger partial charge in [0.2, 0.25) is 0 Å². The van der Waals surface area contributed by atoms with Crippen LogP contribution in [-0.4, -0.2) is 25.2 Å². The van der Waals surface area contributed by atoms with Gasteiger partial charge in [0.05, 0.1) is 13.2 Å². The Morgan fingerprint density at radius 2 is 0.676 bits per heavy atom. The van der Waals surface area contributed by atoms with E-state index in [4.69, 9.17) is 9.47 Å². The second kappa shape index (κ2) is 49.3. The molecule has 0 spiro atoms. The van der Waals surface area contributed by atoms with Crippen molar-refractivity contribution in [3.63, 3.8) is 0 Å². The van der Waals surface area contributed by atoms with Gasteiger partial charge in [-0.3, -0.25) is 4.79 Å². The SMILES string of the molecule is CCCCCCCCC/C(=C\C(=O)OCC)CCCCCCCC1CC1CCCCCCCC.CCCCCCCCCC(CCCCCCCC1CC1CCCCCCCC)CC(=O)OCC. The second-order valence-corrected chi connectivity index (χ2v) is 22.5. The number of hydrogen-bond acceptors (Lipinski definition) is 4. The molecule has 0 heterocycles. The Kier molecular flexibility index (Phi) is 46.9. The van der Waals surface area contributed by atoms with Crippen LogP contribution < -0.4 is 0 Å². The van der Waals surface area contributed by atoms with E-state index in [1.165, 1.54) is 288 Å². The Bertz CT molecular complexity index is 1110. The van der Waals surface area contributed by atoms with Crippen molar-refractivity contribution in [1.29, 1.82) is 0 Å². The summed E-state index contributed by atoms with van der Waals surface area (Å²) in [5.41, 5.74) is 1.32. The first-order valence-corrected chi connectivity index (χ1v) is 31.4. The molecule has 2 saturated carbocycles. The van der Waals surface area contributed by atoms with Crippen molar-refractivity contribution in [3.05, 3.63) is 11.6 Å². The molecule has 2 rings (SSSR count). The molecule has 0 aromatic heterocycles. The van der Waals surface area contributed by atoms with Crippen molar-refractivity contribution in [2.24, 2.45) is 29.6 Å². The molecule has 0 radical (unpaired) electrons. The van der Waals surface area contributed by atoms with Crippen molar-refractivity contribution in [3.8, 4) is 0 Å². The Morgan fingerprint density at radius 3 is 1.00 bits per heavy atom. The third kappa shape index (κ3) is 42.4. The number of allylic oxidation sites excluding steroid dienone is 1. The van der Waals surface area contributed by atoms with E-state index >= 15 is 0 Å². The number of unbranched alkanes of at least 4 members (excludes halogenated alkanes) is 30. The van der Waals surface area contributed by atoms with Gasteiger partial charge in [-0.2, -0.15) is 0 Å². The zero-order chi connectivity index (χ0) is 49.4. The van der Waals surface area contributed by atoms with Gasteiger partial charge in [-0.05, 0) is 94.8 Å². The van der Waals surface area contributed by atoms with Crippen LogP contribution in [0.5, 0.6) is 0 Å². The van der Waals surface area contributed by atoms with Crippen molar-refractivity contribution in [2.45, 2.75) is 343 Å². The van der Waals surface area contributed by atoms with Gasteiger partial charge in [0.25, 0.3) is 0 Å². The van der Waals surface area contributed by atoms with Crippen molar-refractivity contribution < 1.29 is 19.1 Å². The maximum Gasteiger partial charge on any atom is 0.330 e. The van der Waals surface area contributed by atoms with E-state index in [-0.39, 0.29) is 11.9 Å². The third-order valence-corrected chi connectivity index (χ3v) is 15.9. The highest BCUT2D eigenvalue weighted by Crippen LogP contribution is 2.46. The van der Waals surface area contributed by atoms with Gasteiger partial charge in [-0.1, -0.05) is 277 Å². The van der Waals surface area contributed by atoms with Crippen LogP contribution in [0, 0.1) is 29.6 Å². The number of carbonyl (C=O) groups excluding carboxylic acids is 2.